The zero-order valence-electron chi connectivity index (χ0n) is 22.6. The molecule has 2 rings (SSSR count). The highest BCUT2D eigenvalue weighted by molar-refractivity contribution is 5.69. The number of carboxylic acids is 1. The molecule has 0 saturated heterocycles. The van der Waals surface area contributed by atoms with Crippen LogP contribution in [0.4, 0.5) is 18.9 Å². The number of rotatable bonds is 19. The summed E-state index contributed by atoms with van der Waals surface area (Å²) in [6.07, 6.45) is 12.7. The average molecular weight is 533 g/mol. The Morgan fingerprint density at radius 2 is 1.34 bits per heavy atom. The van der Waals surface area contributed by atoms with Gasteiger partial charge in [-0.1, -0.05) is 81.9 Å². The number of unbranched alkanes of at least 4 members (excludes halogenated alkanes) is 8. The monoisotopic (exact) mass is 532 g/mol. The summed E-state index contributed by atoms with van der Waals surface area (Å²) < 4.78 is 38.4. The zero-order chi connectivity index (χ0) is 27.6. The third-order valence-electron chi connectivity index (χ3n) is 6.42. The Morgan fingerprint density at radius 1 is 0.816 bits per heavy atom. The summed E-state index contributed by atoms with van der Waals surface area (Å²) in [5.41, 5.74) is 1.90. The minimum absolute atomic E-state index is 0.198. The maximum absolute atomic E-state index is 12.8. The fourth-order valence-electron chi connectivity index (χ4n) is 4.29. The fraction of sp³-hybridized carbons (Fsp3) is 0.516. The minimum atomic E-state index is -4.39. The Bertz CT molecular complexity index is 941. The van der Waals surface area contributed by atoms with E-state index in [0.29, 0.717) is 12.1 Å². The van der Waals surface area contributed by atoms with Crippen molar-refractivity contribution in [2.75, 3.05) is 18.4 Å². The van der Waals surface area contributed by atoms with Crippen molar-refractivity contribution >= 4 is 11.7 Å². The summed E-state index contributed by atoms with van der Waals surface area (Å²) in [5.74, 6) is -0.977. The number of aliphatic carboxylic acids is 1. The van der Waals surface area contributed by atoms with Gasteiger partial charge in [-0.25, -0.2) is 0 Å². The van der Waals surface area contributed by atoms with E-state index in [1.54, 1.807) is 4.90 Å². The van der Waals surface area contributed by atoms with Crippen LogP contribution in [0.1, 0.15) is 87.8 Å². The van der Waals surface area contributed by atoms with E-state index in [-0.39, 0.29) is 13.1 Å². The van der Waals surface area contributed by atoms with Gasteiger partial charge in [-0.3, -0.25) is 9.69 Å². The second kappa shape index (κ2) is 17.7. The number of carbonyl (C=O) groups is 1. The highest BCUT2D eigenvalue weighted by Gasteiger charge is 2.30. The van der Waals surface area contributed by atoms with Crippen molar-refractivity contribution in [3.63, 3.8) is 0 Å². The molecule has 0 aromatic heterocycles. The van der Waals surface area contributed by atoms with Gasteiger partial charge in [0.1, 0.15) is 0 Å². The quantitative estimate of drug-likeness (QED) is 0.140. The van der Waals surface area contributed by atoms with Gasteiger partial charge in [0.05, 0.1) is 12.1 Å². The van der Waals surface area contributed by atoms with Crippen molar-refractivity contribution in [2.45, 2.75) is 90.4 Å². The molecule has 4 nitrogen and oxygen atoms in total. The molecule has 0 amide bonds. The van der Waals surface area contributed by atoms with Crippen LogP contribution in [-0.2, 0) is 24.1 Å². The fourth-order valence-corrected chi connectivity index (χ4v) is 4.29. The van der Waals surface area contributed by atoms with Crippen molar-refractivity contribution in [2.24, 2.45) is 0 Å². The second-order valence-electron chi connectivity index (χ2n) is 9.88. The molecular weight excluding hydrogens is 489 g/mol. The number of carboxylic acid groups (broad SMARTS) is 1. The molecule has 38 heavy (non-hydrogen) atoms. The number of hydrogen-bond acceptors (Lipinski definition) is 3. The molecule has 0 aliphatic heterocycles. The van der Waals surface area contributed by atoms with E-state index in [4.69, 9.17) is 0 Å². The molecule has 0 saturated carbocycles. The van der Waals surface area contributed by atoms with E-state index in [9.17, 15) is 23.1 Å². The number of allylic oxidation sites excluding steroid dienone is 2. The Hall–Kier alpha value is -2.80. The summed E-state index contributed by atoms with van der Waals surface area (Å²) >= 11 is 0. The molecule has 0 heterocycles. The summed E-state index contributed by atoms with van der Waals surface area (Å²) in [7, 11) is 0. The molecule has 0 atom stereocenters. The van der Waals surface area contributed by atoms with Gasteiger partial charge >= 0.3 is 12.1 Å². The average Bonchev–Trinajstić information content (AvgIpc) is 2.87. The molecular formula is C31H43F3N2O2. The zero-order valence-corrected chi connectivity index (χ0v) is 22.6. The lowest BCUT2D eigenvalue weighted by atomic mass is 10.1. The predicted octanol–water partition coefficient (Wildman–Crippen LogP) is 8.68. The number of halogens is 3. The molecule has 2 aromatic carbocycles. The molecule has 0 unspecified atom stereocenters. The molecule has 2 aromatic rings. The lowest BCUT2D eigenvalue weighted by molar-refractivity contribution is -0.139. The van der Waals surface area contributed by atoms with Gasteiger partial charge in [0.25, 0.3) is 0 Å². The molecule has 7 heteroatoms. The second-order valence-corrected chi connectivity index (χ2v) is 9.88. The van der Waals surface area contributed by atoms with Crippen LogP contribution in [0.2, 0.25) is 0 Å². The SMILES string of the molecule is CCCC/C=C/CCCCCCCCNc1ccc(CN(CC(=O)O)Cc2ccc(C(F)(F)F)cc2)cc1. The van der Waals surface area contributed by atoms with Gasteiger partial charge < -0.3 is 10.4 Å². The van der Waals surface area contributed by atoms with Gasteiger partial charge in [-0.15, -0.1) is 0 Å². The molecule has 2 N–H and O–H groups in total. The van der Waals surface area contributed by atoms with Gasteiger partial charge in [0.2, 0.25) is 0 Å². The highest BCUT2D eigenvalue weighted by Crippen LogP contribution is 2.29. The van der Waals surface area contributed by atoms with E-state index in [1.165, 1.54) is 69.9 Å². The molecule has 0 radical (unpaired) electrons. The lowest BCUT2D eigenvalue weighted by Crippen LogP contribution is -2.29. The van der Waals surface area contributed by atoms with Gasteiger partial charge in [0, 0.05) is 25.3 Å². The van der Waals surface area contributed by atoms with Crippen LogP contribution in [0, 0.1) is 0 Å². The Kier molecular flexibility index (Phi) is 14.6. The van der Waals surface area contributed by atoms with Crippen LogP contribution in [0.5, 0.6) is 0 Å². The lowest BCUT2D eigenvalue weighted by Gasteiger charge is -2.21. The van der Waals surface area contributed by atoms with Crippen LogP contribution in [0.3, 0.4) is 0 Å². The van der Waals surface area contributed by atoms with Crippen LogP contribution >= 0.6 is 0 Å². The van der Waals surface area contributed by atoms with Crippen molar-refractivity contribution in [3.05, 3.63) is 77.4 Å². The van der Waals surface area contributed by atoms with Crippen LogP contribution in [-0.4, -0.2) is 29.1 Å². The van der Waals surface area contributed by atoms with Gasteiger partial charge in [-0.2, -0.15) is 13.2 Å². The topological polar surface area (TPSA) is 52.6 Å². The Labute approximate surface area is 225 Å². The third kappa shape index (κ3) is 13.7. The standard InChI is InChI=1S/C31H43F3N2O2/c1-2-3-4-5-6-7-8-9-10-11-12-13-22-35-29-20-16-27(17-21-29)24-36(25-30(37)38)23-26-14-18-28(19-15-26)31(32,33)34/h5-6,14-21,35H,2-4,7-13,22-25H2,1H3,(H,37,38)/b6-5+. The summed E-state index contributed by atoms with van der Waals surface area (Å²) in [6.45, 7) is 3.58. The number of benzene rings is 2. The summed E-state index contributed by atoms with van der Waals surface area (Å²) in [6, 6.07) is 12.8. The molecule has 0 aliphatic carbocycles. The molecule has 0 spiro atoms. The number of hydrogen-bond donors (Lipinski definition) is 2. The van der Waals surface area contributed by atoms with E-state index < -0.39 is 17.7 Å². The minimum Gasteiger partial charge on any atom is -0.480 e. The number of nitrogens with one attached hydrogen (secondary N) is 1. The van der Waals surface area contributed by atoms with Crippen molar-refractivity contribution in [1.29, 1.82) is 0 Å². The van der Waals surface area contributed by atoms with E-state index in [1.807, 2.05) is 24.3 Å². The molecule has 210 valence electrons. The summed E-state index contributed by atoms with van der Waals surface area (Å²) in [5, 5.41) is 12.7. The first kappa shape index (κ1) is 31.4. The number of nitrogens with zero attached hydrogens (tertiary/aromatic N) is 1. The first-order valence-corrected chi connectivity index (χ1v) is 13.9. The molecule has 0 fully saturated rings. The van der Waals surface area contributed by atoms with Gasteiger partial charge in [-0.05, 0) is 61.1 Å². The van der Waals surface area contributed by atoms with E-state index >= 15 is 0 Å². The predicted molar refractivity (Wildman–Crippen MR) is 149 cm³/mol. The third-order valence-corrected chi connectivity index (χ3v) is 6.42. The van der Waals surface area contributed by atoms with Crippen LogP contribution in [0.25, 0.3) is 0 Å². The largest absolute Gasteiger partial charge is 0.480 e. The van der Waals surface area contributed by atoms with Crippen molar-refractivity contribution in [3.8, 4) is 0 Å². The van der Waals surface area contributed by atoms with Crippen molar-refractivity contribution in [1.82, 2.24) is 4.90 Å². The first-order valence-electron chi connectivity index (χ1n) is 13.9. The van der Waals surface area contributed by atoms with E-state index in [2.05, 4.69) is 24.4 Å². The molecule has 0 bridgehead atoms. The molecule has 0 aliphatic rings. The Morgan fingerprint density at radius 3 is 1.89 bits per heavy atom. The number of alkyl halides is 3. The maximum atomic E-state index is 12.8. The highest BCUT2D eigenvalue weighted by atomic mass is 19.4. The van der Waals surface area contributed by atoms with Crippen LogP contribution < -0.4 is 5.32 Å². The Balaban J connectivity index is 1.67. The first-order chi connectivity index (χ1) is 18.3. The normalized spacial score (nSPS) is 11.9. The van der Waals surface area contributed by atoms with E-state index in [0.717, 1.165) is 36.3 Å². The van der Waals surface area contributed by atoms with Crippen LogP contribution in [0.15, 0.2) is 60.7 Å². The van der Waals surface area contributed by atoms with Gasteiger partial charge in [0.15, 0.2) is 0 Å². The number of anilines is 1. The maximum Gasteiger partial charge on any atom is 0.416 e. The smallest absolute Gasteiger partial charge is 0.416 e. The summed E-state index contributed by atoms with van der Waals surface area (Å²) in [4.78, 5) is 13.0. The van der Waals surface area contributed by atoms with Crippen molar-refractivity contribution < 1.29 is 23.1 Å².